The summed E-state index contributed by atoms with van der Waals surface area (Å²) >= 11 is 0. The molecule has 0 radical (unpaired) electrons. The van der Waals surface area contributed by atoms with E-state index in [9.17, 15) is 4.57 Å². The van der Waals surface area contributed by atoms with Crippen LogP contribution in [0.4, 0.5) is 0 Å². The molecule has 1 saturated carbocycles. The highest BCUT2D eigenvalue weighted by atomic mass is 31.2. The standard InChI is InChI=1S/C36H61O4PSi3/c1-34(2,3)43(11,12)38-32-27-29(25-26-41(37,30-21-17-15-18-22-30)31-23-19-16-20-24-31)28-33(36(32,7)40-42(8,9)10)39-44(13,14)35(4,5)6/h15-25,32-33H,26-28H2,1-14H3/t32-,33+,36?. The molecule has 0 aliphatic heterocycles. The number of rotatable bonds is 10. The maximum atomic E-state index is 14.9. The van der Waals surface area contributed by atoms with Gasteiger partial charge in [-0.25, -0.2) is 0 Å². The fourth-order valence-corrected chi connectivity index (χ4v) is 12.4. The van der Waals surface area contributed by atoms with E-state index < -0.39 is 37.7 Å². The topological polar surface area (TPSA) is 44.8 Å². The summed E-state index contributed by atoms with van der Waals surface area (Å²) in [6, 6.07) is 20.0. The molecule has 0 spiro atoms. The van der Waals surface area contributed by atoms with Crippen molar-refractivity contribution in [2.24, 2.45) is 0 Å². The molecule has 1 unspecified atom stereocenters. The number of benzene rings is 2. The van der Waals surface area contributed by atoms with E-state index in [-0.39, 0.29) is 22.3 Å². The molecular formula is C36H61O4PSi3. The van der Waals surface area contributed by atoms with Gasteiger partial charge in [0.25, 0.3) is 0 Å². The van der Waals surface area contributed by atoms with E-state index in [0.29, 0.717) is 6.16 Å². The lowest BCUT2D eigenvalue weighted by atomic mass is 9.78. The minimum atomic E-state index is -2.90. The van der Waals surface area contributed by atoms with E-state index in [0.717, 1.165) is 23.5 Å². The average molecular weight is 673 g/mol. The van der Waals surface area contributed by atoms with Crippen LogP contribution in [0.3, 0.4) is 0 Å². The van der Waals surface area contributed by atoms with Crippen LogP contribution in [0.2, 0.25) is 55.9 Å². The van der Waals surface area contributed by atoms with Crippen LogP contribution < -0.4 is 10.6 Å². The van der Waals surface area contributed by atoms with Gasteiger partial charge in [-0.3, -0.25) is 0 Å². The van der Waals surface area contributed by atoms with Crippen molar-refractivity contribution in [2.75, 3.05) is 6.16 Å². The van der Waals surface area contributed by atoms with Gasteiger partial charge in [0.2, 0.25) is 0 Å². The number of hydrogen-bond acceptors (Lipinski definition) is 4. The number of allylic oxidation sites excluding steroid dienone is 1. The van der Waals surface area contributed by atoms with Crippen LogP contribution in [-0.4, -0.2) is 48.9 Å². The van der Waals surface area contributed by atoms with Crippen molar-refractivity contribution in [2.45, 2.75) is 135 Å². The lowest BCUT2D eigenvalue weighted by Gasteiger charge is -2.55. The van der Waals surface area contributed by atoms with Crippen LogP contribution in [0.15, 0.2) is 72.3 Å². The van der Waals surface area contributed by atoms with Gasteiger partial charge in [-0.15, -0.1) is 0 Å². The second-order valence-electron chi connectivity index (χ2n) is 17.0. The van der Waals surface area contributed by atoms with Gasteiger partial charge < -0.3 is 17.8 Å². The predicted octanol–water partition coefficient (Wildman–Crippen LogP) is 10.1. The first-order valence-electron chi connectivity index (χ1n) is 16.4. The second-order valence-corrected chi connectivity index (χ2v) is 33.8. The molecule has 246 valence electrons. The van der Waals surface area contributed by atoms with Crippen molar-refractivity contribution >= 4 is 42.7 Å². The molecule has 3 rings (SSSR count). The molecule has 0 bridgehead atoms. The van der Waals surface area contributed by atoms with Gasteiger partial charge in [0.1, 0.15) is 12.7 Å². The molecule has 3 atom stereocenters. The highest BCUT2D eigenvalue weighted by molar-refractivity contribution is 7.78. The minimum absolute atomic E-state index is 0.0561. The van der Waals surface area contributed by atoms with E-state index in [4.69, 9.17) is 13.3 Å². The van der Waals surface area contributed by atoms with Gasteiger partial charge in [-0.05, 0) is 75.7 Å². The van der Waals surface area contributed by atoms with E-state index in [1.165, 1.54) is 5.57 Å². The first-order valence-corrected chi connectivity index (χ1v) is 27.5. The highest BCUT2D eigenvalue weighted by Crippen LogP contribution is 2.49. The summed E-state index contributed by atoms with van der Waals surface area (Å²) in [5.74, 6) is 0. The Kier molecular flexibility index (Phi) is 11.2. The SMILES string of the molecule is CC1(O[Si](C)(C)C)[C@@H](O[Si](C)(C)C(C)(C)C)CC(=CCP(=O)(c2ccccc2)c2ccccc2)C[C@H]1O[Si](C)(C)C(C)(C)C. The van der Waals surface area contributed by atoms with Crippen LogP contribution in [0.1, 0.15) is 61.3 Å². The molecule has 2 aromatic carbocycles. The first kappa shape index (κ1) is 37.4. The summed E-state index contributed by atoms with van der Waals surface area (Å²) in [7, 11) is -9.22. The molecule has 8 heteroatoms. The van der Waals surface area contributed by atoms with Crippen molar-refractivity contribution in [3.8, 4) is 0 Å². The van der Waals surface area contributed by atoms with Crippen LogP contribution in [0.25, 0.3) is 0 Å². The third-order valence-corrected chi connectivity index (χ3v) is 23.2. The molecule has 1 aliphatic rings. The van der Waals surface area contributed by atoms with Gasteiger partial charge >= 0.3 is 0 Å². The zero-order valence-electron chi connectivity index (χ0n) is 30.2. The van der Waals surface area contributed by atoms with Crippen LogP contribution in [-0.2, 0) is 17.8 Å². The van der Waals surface area contributed by atoms with E-state index in [2.05, 4.69) is 100 Å². The Morgan fingerprint density at radius 1 is 0.727 bits per heavy atom. The lowest BCUT2D eigenvalue weighted by molar-refractivity contribution is -0.122. The predicted molar refractivity (Wildman–Crippen MR) is 199 cm³/mol. The van der Waals surface area contributed by atoms with Gasteiger partial charge in [0, 0.05) is 16.8 Å². The summed E-state index contributed by atoms with van der Waals surface area (Å²) in [5, 5.41) is 1.91. The molecule has 44 heavy (non-hydrogen) atoms. The number of hydrogen-bond donors (Lipinski definition) is 0. The van der Waals surface area contributed by atoms with Crippen molar-refractivity contribution in [1.29, 1.82) is 0 Å². The van der Waals surface area contributed by atoms with E-state index in [1.807, 2.05) is 60.7 Å². The Hall–Kier alpha value is -1.06. The van der Waals surface area contributed by atoms with E-state index in [1.54, 1.807) is 0 Å². The molecular weight excluding hydrogens is 612 g/mol. The lowest BCUT2D eigenvalue weighted by Crippen LogP contribution is -2.65. The Morgan fingerprint density at radius 2 is 1.09 bits per heavy atom. The molecule has 2 aromatic rings. The third kappa shape index (κ3) is 8.64. The van der Waals surface area contributed by atoms with Gasteiger partial charge in [0.05, 0.1) is 12.2 Å². The maximum absolute atomic E-state index is 14.9. The molecule has 0 heterocycles. The summed E-state index contributed by atoms with van der Waals surface area (Å²) in [6.45, 7) is 32.2. The summed E-state index contributed by atoms with van der Waals surface area (Å²) < 4.78 is 36.8. The van der Waals surface area contributed by atoms with Crippen LogP contribution in [0.5, 0.6) is 0 Å². The smallest absolute Gasteiger partial charge is 0.192 e. The first-order chi connectivity index (χ1) is 19.9. The molecule has 0 amide bonds. The largest absolute Gasteiger partial charge is 0.411 e. The van der Waals surface area contributed by atoms with Gasteiger partial charge in [0.15, 0.2) is 25.0 Å². The normalized spacial score (nSPS) is 23.6. The average Bonchev–Trinajstić information content (AvgIpc) is 2.88. The molecule has 0 saturated heterocycles. The van der Waals surface area contributed by atoms with Crippen molar-refractivity contribution in [1.82, 2.24) is 0 Å². The Labute approximate surface area is 273 Å². The summed E-state index contributed by atoms with van der Waals surface area (Å²) in [4.78, 5) is 0. The summed E-state index contributed by atoms with van der Waals surface area (Å²) in [6.07, 6.45) is 3.94. The van der Waals surface area contributed by atoms with Crippen molar-refractivity contribution < 1.29 is 17.8 Å². The quantitative estimate of drug-likeness (QED) is 0.143. The molecule has 0 N–H and O–H groups in total. The van der Waals surface area contributed by atoms with E-state index >= 15 is 0 Å². The molecule has 1 aliphatic carbocycles. The minimum Gasteiger partial charge on any atom is -0.411 e. The molecule has 1 fully saturated rings. The fourth-order valence-electron chi connectivity index (χ4n) is 5.47. The molecule has 0 aromatic heterocycles. The fraction of sp³-hybridized carbons (Fsp3) is 0.611. The monoisotopic (exact) mass is 672 g/mol. The van der Waals surface area contributed by atoms with Gasteiger partial charge in [-0.1, -0.05) is 114 Å². The zero-order chi connectivity index (χ0) is 33.4. The Balaban J connectivity index is 2.16. The summed E-state index contributed by atoms with van der Waals surface area (Å²) in [5.41, 5.74) is 0.677. The Morgan fingerprint density at radius 3 is 1.41 bits per heavy atom. The van der Waals surface area contributed by atoms with Crippen LogP contribution in [0, 0.1) is 0 Å². The van der Waals surface area contributed by atoms with Crippen molar-refractivity contribution in [3.63, 3.8) is 0 Å². The maximum Gasteiger partial charge on any atom is 0.192 e. The zero-order valence-corrected chi connectivity index (χ0v) is 34.1. The van der Waals surface area contributed by atoms with Gasteiger partial charge in [-0.2, -0.15) is 0 Å². The second kappa shape index (κ2) is 13.2. The van der Waals surface area contributed by atoms with Crippen molar-refractivity contribution in [3.05, 3.63) is 72.3 Å². The molecule has 4 nitrogen and oxygen atoms in total. The highest BCUT2D eigenvalue weighted by Gasteiger charge is 2.55. The third-order valence-electron chi connectivity index (χ3n) is 10.2. The van der Waals surface area contributed by atoms with Crippen LogP contribution >= 0.6 is 7.14 Å². The Bertz CT molecular complexity index is 1240.